The molecule has 3 heteroatoms. The first-order valence-corrected chi connectivity index (χ1v) is 3.57. The standard InChI is InChI=1S/C7H10N2O/c1-4-3-6(4)7-8-5(2)10-9-7/h4,6H,3H2,1-2H3. The van der Waals surface area contributed by atoms with Gasteiger partial charge >= 0.3 is 0 Å². The minimum Gasteiger partial charge on any atom is -0.340 e. The van der Waals surface area contributed by atoms with Crippen LogP contribution in [-0.4, -0.2) is 10.1 Å². The van der Waals surface area contributed by atoms with Crippen LogP contribution in [0.1, 0.15) is 31.0 Å². The van der Waals surface area contributed by atoms with E-state index in [2.05, 4.69) is 17.1 Å². The fourth-order valence-corrected chi connectivity index (χ4v) is 1.15. The van der Waals surface area contributed by atoms with Gasteiger partial charge in [0.05, 0.1) is 0 Å². The Morgan fingerprint density at radius 2 is 2.30 bits per heavy atom. The first-order valence-electron chi connectivity index (χ1n) is 3.57. The van der Waals surface area contributed by atoms with Gasteiger partial charge in [-0.05, 0) is 12.3 Å². The van der Waals surface area contributed by atoms with E-state index < -0.39 is 0 Å². The highest BCUT2D eigenvalue weighted by Crippen LogP contribution is 2.45. The average Bonchev–Trinajstić information content (AvgIpc) is 2.42. The van der Waals surface area contributed by atoms with Gasteiger partial charge in [-0.15, -0.1) is 0 Å². The Morgan fingerprint density at radius 1 is 1.60 bits per heavy atom. The Bertz CT molecular complexity index is 244. The molecule has 1 heterocycles. The molecule has 1 aliphatic carbocycles. The highest BCUT2D eigenvalue weighted by molar-refractivity contribution is 5.06. The SMILES string of the molecule is Cc1nc(C2CC2C)no1. The van der Waals surface area contributed by atoms with Crippen molar-refractivity contribution in [1.29, 1.82) is 0 Å². The second-order valence-electron chi connectivity index (χ2n) is 2.99. The number of aryl methyl sites for hydroxylation is 1. The maximum atomic E-state index is 4.85. The van der Waals surface area contributed by atoms with Crippen molar-refractivity contribution in [1.82, 2.24) is 10.1 Å². The summed E-state index contributed by atoms with van der Waals surface area (Å²) >= 11 is 0. The van der Waals surface area contributed by atoms with E-state index in [1.54, 1.807) is 0 Å². The molecule has 0 bridgehead atoms. The van der Waals surface area contributed by atoms with E-state index in [0.29, 0.717) is 11.8 Å². The summed E-state index contributed by atoms with van der Waals surface area (Å²) in [7, 11) is 0. The summed E-state index contributed by atoms with van der Waals surface area (Å²) in [6.45, 7) is 4.03. The smallest absolute Gasteiger partial charge is 0.223 e. The van der Waals surface area contributed by atoms with E-state index in [0.717, 1.165) is 11.7 Å². The van der Waals surface area contributed by atoms with Crippen molar-refractivity contribution in [3.63, 3.8) is 0 Å². The third kappa shape index (κ3) is 0.818. The highest BCUT2D eigenvalue weighted by atomic mass is 16.5. The van der Waals surface area contributed by atoms with Crippen molar-refractivity contribution in [3.05, 3.63) is 11.7 Å². The van der Waals surface area contributed by atoms with Crippen molar-refractivity contribution in [2.45, 2.75) is 26.2 Å². The monoisotopic (exact) mass is 138 g/mol. The van der Waals surface area contributed by atoms with Crippen LogP contribution in [0.3, 0.4) is 0 Å². The Hall–Kier alpha value is -0.860. The molecule has 0 radical (unpaired) electrons. The van der Waals surface area contributed by atoms with Crippen molar-refractivity contribution in [3.8, 4) is 0 Å². The van der Waals surface area contributed by atoms with Gasteiger partial charge in [-0.25, -0.2) is 0 Å². The minimum absolute atomic E-state index is 0.581. The number of rotatable bonds is 1. The van der Waals surface area contributed by atoms with Gasteiger partial charge in [-0.3, -0.25) is 0 Å². The van der Waals surface area contributed by atoms with E-state index >= 15 is 0 Å². The summed E-state index contributed by atoms with van der Waals surface area (Å²) in [4.78, 5) is 4.15. The number of hydrogen-bond donors (Lipinski definition) is 0. The molecular weight excluding hydrogens is 128 g/mol. The first kappa shape index (κ1) is 5.89. The van der Waals surface area contributed by atoms with Crippen molar-refractivity contribution in [2.75, 3.05) is 0 Å². The van der Waals surface area contributed by atoms with Crippen LogP contribution < -0.4 is 0 Å². The molecule has 0 spiro atoms. The zero-order valence-electron chi connectivity index (χ0n) is 6.16. The molecule has 0 aliphatic heterocycles. The summed E-state index contributed by atoms with van der Waals surface area (Å²) in [5.41, 5.74) is 0. The Morgan fingerprint density at radius 3 is 2.70 bits per heavy atom. The molecule has 0 N–H and O–H groups in total. The first-order chi connectivity index (χ1) is 4.77. The second kappa shape index (κ2) is 1.81. The summed E-state index contributed by atoms with van der Waals surface area (Å²) < 4.78 is 4.85. The van der Waals surface area contributed by atoms with Crippen LogP contribution in [0.25, 0.3) is 0 Å². The van der Waals surface area contributed by atoms with Crippen LogP contribution in [0.4, 0.5) is 0 Å². The lowest BCUT2D eigenvalue weighted by Gasteiger charge is -1.81. The highest BCUT2D eigenvalue weighted by Gasteiger charge is 2.37. The molecule has 0 saturated heterocycles. The molecule has 1 aliphatic rings. The fraction of sp³-hybridized carbons (Fsp3) is 0.714. The average molecular weight is 138 g/mol. The zero-order chi connectivity index (χ0) is 7.14. The summed E-state index contributed by atoms with van der Waals surface area (Å²) in [5.74, 6) is 2.91. The molecule has 2 rings (SSSR count). The summed E-state index contributed by atoms with van der Waals surface area (Å²) in [6, 6.07) is 0. The molecule has 1 aromatic heterocycles. The molecule has 2 atom stereocenters. The lowest BCUT2D eigenvalue weighted by Crippen LogP contribution is -1.83. The van der Waals surface area contributed by atoms with Crippen LogP contribution in [0.2, 0.25) is 0 Å². The molecule has 1 saturated carbocycles. The molecular formula is C7H10N2O. The van der Waals surface area contributed by atoms with Gasteiger partial charge in [0.15, 0.2) is 5.82 Å². The van der Waals surface area contributed by atoms with Crippen LogP contribution in [0.15, 0.2) is 4.52 Å². The second-order valence-corrected chi connectivity index (χ2v) is 2.99. The van der Waals surface area contributed by atoms with E-state index in [1.807, 2.05) is 6.92 Å². The number of nitrogens with zero attached hydrogens (tertiary/aromatic N) is 2. The Labute approximate surface area is 59.4 Å². The quantitative estimate of drug-likeness (QED) is 0.590. The maximum Gasteiger partial charge on any atom is 0.223 e. The van der Waals surface area contributed by atoms with E-state index in [-0.39, 0.29) is 0 Å². The van der Waals surface area contributed by atoms with Gasteiger partial charge in [0, 0.05) is 12.8 Å². The van der Waals surface area contributed by atoms with Gasteiger partial charge in [0.2, 0.25) is 5.89 Å². The van der Waals surface area contributed by atoms with Crippen LogP contribution in [-0.2, 0) is 0 Å². The molecule has 1 aromatic rings. The van der Waals surface area contributed by atoms with Crippen molar-refractivity contribution in [2.24, 2.45) is 5.92 Å². The number of aromatic nitrogens is 2. The molecule has 54 valence electrons. The predicted molar refractivity (Wildman–Crippen MR) is 35.6 cm³/mol. The summed E-state index contributed by atoms with van der Waals surface area (Å²) in [5, 5.41) is 3.84. The predicted octanol–water partition coefficient (Wildman–Crippen LogP) is 1.50. The summed E-state index contributed by atoms with van der Waals surface area (Å²) in [6.07, 6.45) is 1.22. The normalized spacial score (nSPS) is 30.6. The molecule has 0 amide bonds. The topological polar surface area (TPSA) is 38.9 Å². The van der Waals surface area contributed by atoms with E-state index in [4.69, 9.17) is 4.52 Å². The molecule has 0 aromatic carbocycles. The maximum absolute atomic E-state index is 4.85. The fourth-order valence-electron chi connectivity index (χ4n) is 1.15. The molecule has 1 fully saturated rings. The third-order valence-electron chi connectivity index (χ3n) is 1.98. The number of hydrogen-bond acceptors (Lipinski definition) is 3. The van der Waals surface area contributed by atoms with E-state index in [9.17, 15) is 0 Å². The Kier molecular flexibility index (Phi) is 1.07. The molecule has 2 unspecified atom stereocenters. The van der Waals surface area contributed by atoms with Crippen LogP contribution in [0, 0.1) is 12.8 Å². The third-order valence-corrected chi connectivity index (χ3v) is 1.98. The Balaban J connectivity index is 2.20. The van der Waals surface area contributed by atoms with Gasteiger partial charge in [-0.1, -0.05) is 12.1 Å². The lowest BCUT2D eigenvalue weighted by atomic mass is 10.3. The zero-order valence-corrected chi connectivity index (χ0v) is 6.16. The molecule has 10 heavy (non-hydrogen) atoms. The van der Waals surface area contributed by atoms with Gasteiger partial charge in [-0.2, -0.15) is 4.98 Å². The van der Waals surface area contributed by atoms with E-state index in [1.165, 1.54) is 6.42 Å². The van der Waals surface area contributed by atoms with Gasteiger partial charge < -0.3 is 4.52 Å². The van der Waals surface area contributed by atoms with Crippen molar-refractivity contribution >= 4 is 0 Å². The van der Waals surface area contributed by atoms with Gasteiger partial charge in [0.25, 0.3) is 0 Å². The van der Waals surface area contributed by atoms with Crippen LogP contribution in [0.5, 0.6) is 0 Å². The minimum atomic E-state index is 0.581. The lowest BCUT2D eigenvalue weighted by molar-refractivity contribution is 0.387. The van der Waals surface area contributed by atoms with Crippen LogP contribution >= 0.6 is 0 Å². The molecule has 3 nitrogen and oxygen atoms in total. The largest absolute Gasteiger partial charge is 0.340 e. The van der Waals surface area contributed by atoms with Crippen molar-refractivity contribution < 1.29 is 4.52 Å². The van der Waals surface area contributed by atoms with Gasteiger partial charge in [0.1, 0.15) is 0 Å².